The van der Waals surface area contributed by atoms with E-state index < -0.39 is 0 Å². The molecule has 4 N–H and O–H groups in total. The van der Waals surface area contributed by atoms with Gasteiger partial charge in [0.1, 0.15) is 5.82 Å². The fourth-order valence-corrected chi connectivity index (χ4v) is 2.46. The average molecular weight is 235 g/mol. The molecule has 0 spiro atoms. The highest BCUT2D eigenvalue weighted by atomic mass is 16.3. The average Bonchev–Trinajstić information content (AvgIpc) is 2.35. The van der Waals surface area contributed by atoms with Crippen molar-refractivity contribution in [3.8, 4) is 0 Å². The molecule has 0 unspecified atom stereocenters. The zero-order chi connectivity index (χ0) is 12.3. The van der Waals surface area contributed by atoms with E-state index in [4.69, 9.17) is 5.73 Å². The summed E-state index contributed by atoms with van der Waals surface area (Å²) in [5, 5.41) is 13.0. The molecule has 94 valence electrons. The minimum atomic E-state index is -0.187. The van der Waals surface area contributed by atoms with Crippen molar-refractivity contribution < 1.29 is 5.11 Å². The quantitative estimate of drug-likeness (QED) is 0.750. The minimum absolute atomic E-state index is 0.165. The van der Waals surface area contributed by atoms with Gasteiger partial charge in [-0.25, -0.2) is 4.98 Å². The summed E-state index contributed by atoms with van der Waals surface area (Å²) in [4.78, 5) is 4.41. The Morgan fingerprint density at radius 1 is 1.35 bits per heavy atom. The maximum absolute atomic E-state index is 9.61. The molecule has 0 bridgehead atoms. The summed E-state index contributed by atoms with van der Waals surface area (Å²) in [5.41, 5.74) is 7.10. The number of hydrogen-bond acceptors (Lipinski definition) is 4. The van der Waals surface area contributed by atoms with E-state index in [0.29, 0.717) is 5.69 Å². The molecule has 0 aromatic carbocycles. The molecular weight excluding hydrogens is 214 g/mol. The van der Waals surface area contributed by atoms with Crippen molar-refractivity contribution >= 4 is 11.5 Å². The maximum atomic E-state index is 9.61. The van der Waals surface area contributed by atoms with Crippen LogP contribution in [0.2, 0.25) is 0 Å². The third-order valence-electron chi connectivity index (χ3n) is 3.63. The highest BCUT2D eigenvalue weighted by molar-refractivity contribution is 5.50. The molecule has 0 atom stereocenters. The highest BCUT2D eigenvalue weighted by Crippen LogP contribution is 2.31. The second kappa shape index (κ2) is 4.92. The molecule has 4 heteroatoms. The number of anilines is 2. The van der Waals surface area contributed by atoms with E-state index in [0.717, 1.165) is 24.4 Å². The Labute approximate surface area is 102 Å². The van der Waals surface area contributed by atoms with Crippen LogP contribution in [0.15, 0.2) is 12.1 Å². The van der Waals surface area contributed by atoms with Crippen LogP contribution in [-0.4, -0.2) is 22.2 Å². The molecule has 1 saturated carbocycles. The van der Waals surface area contributed by atoms with Gasteiger partial charge in [0.25, 0.3) is 0 Å². The number of nitrogens with zero attached hydrogens (tertiary/aromatic N) is 1. The first-order valence-corrected chi connectivity index (χ1v) is 6.27. The Morgan fingerprint density at radius 3 is 2.65 bits per heavy atom. The smallest absolute Gasteiger partial charge is 0.126 e. The van der Waals surface area contributed by atoms with Gasteiger partial charge in [-0.15, -0.1) is 0 Å². The number of aromatic nitrogens is 1. The molecule has 1 fully saturated rings. The normalized spacial score (nSPS) is 18.9. The van der Waals surface area contributed by atoms with Gasteiger partial charge in [-0.2, -0.15) is 0 Å². The third-order valence-corrected chi connectivity index (χ3v) is 3.63. The number of aliphatic hydroxyl groups excluding tert-OH is 1. The number of aliphatic hydroxyl groups is 1. The van der Waals surface area contributed by atoms with Crippen molar-refractivity contribution in [3.05, 3.63) is 17.8 Å². The minimum Gasteiger partial charge on any atom is -0.397 e. The van der Waals surface area contributed by atoms with Gasteiger partial charge >= 0.3 is 0 Å². The summed E-state index contributed by atoms with van der Waals surface area (Å²) in [7, 11) is 0. The third kappa shape index (κ3) is 2.69. The van der Waals surface area contributed by atoms with Crippen LogP contribution in [0.1, 0.15) is 37.8 Å². The fourth-order valence-electron chi connectivity index (χ4n) is 2.46. The molecule has 1 aliphatic carbocycles. The van der Waals surface area contributed by atoms with Crippen LogP contribution in [0, 0.1) is 6.92 Å². The lowest BCUT2D eigenvalue weighted by Crippen LogP contribution is -2.44. The van der Waals surface area contributed by atoms with E-state index in [1.54, 1.807) is 0 Å². The Bertz CT molecular complexity index is 386. The Kier molecular flexibility index (Phi) is 3.52. The molecule has 1 aromatic rings. The molecule has 0 saturated heterocycles. The Hall–Kier alpha value is -1.29. The summed E-state index contributed by atoms with van der Waals surface area (Å²) >= 11 is 0. The first-order chi connectivity index (χ1) is 8.15. The Balaban J connectivity index is 2.14. The van der Waals surface area contributed by atoms with Crippen LogP contribution in [-0.2, 0) is 0 Å². The van der Waals surface area contributed by atoms with Crippen LogP contribution in [0.4, 0.5) is 11.5 Å². The largest absolute Gasteiger partial charge is 0.397 e. The van der Waals surface area contributed by atoms with E-state index >= 15 is 0 Å². The number of hydrogen-bond donors (Lipinski definition) is 3. The number of nitrogens with one attached hydrogen (secondary N) is 1. The summed E-state index contributed by atoms with van der Waals surface area (Å²) in [6, 6.07) is 3.74. The molecular formula is C13H21N3O. The van der Waals surface area contributed by atoms with Gasteiger partial charge in [0.2, 0.25) is 0 Å². The first-order valence-electron chi connectivity index (χ1n) is 6.27. The van der Waals surface area contributed by atoms with E-state index in [2.05, 4.69) is 10.3 Å². The van der Waals surface area contributed by atoms with E-state index in [1.807, 2.05) is 19.1 Å². The predicted octanol–water partition coefficient (Wildman–Crippen LogP) is 2.08. The standard InChI is InChI=1S/C13H21N3O/c1-10-11(14)5-6-12(15-10)16-13(9-17)7-3-2-4-8-13/h5-6,17H,2-4,7-9,14H2,1H3,(H,15,16). The number of aryl methyl sites for hydroxylation is 1. The van der Waals surface area contributed by atoms with E-state index in [-0.39, 0.29) is 12.1 Å². The Morgan fingerprint density at radius 2 is 2.06 bits per heavy atom. The van der Waals surface area contributed by atoms with Gasteiger partial charge in [0, 0.05) is 0 Å². The second-order valence-corrected chi connectivity index (χ2v) is 5.00. The lowest BCUT2D eigenvalue weighted by molar-refractivity contribution is 0.172. The molecule has 0 radical (unpaired) electrons. The molecule has 4 nitrogen and oxygen atoms in total. The van der Waals surface area contributed by atoms with Crippen molar-refractivity contribution in [1.29, 1.82) is 0 Å². The second-order valence-electron chi connectivity index (χ2n) is 5.00. The zero-order valence-corrected chi connectivity index (χ0v) is 10.4. The number of nitrogen functional groups attached to an aromatic ring is 1. The van der Waals surface area contributed by atoms with Gasteiger partial charge in [0.05, 0.1) is 23.5 Å². The lowest BCUT2D eigenvalue weighted by Gasteiger charge is -2.37. The topological polar surface area (TPSA) is 71.2 Å². The molecule has 1 heterocycles. The van der Waals surface area contributed by atoms with Crippen LogP contribution in [0.3, 0.4) is 0 Å². The number of nitrogens with two attached hydrogens (primary N) is 1. The van der Waals surface area contributed by atoms with Crippen molar-refractivity contribution in [1.82, 2.24) is 4.98 Å². The van der Waals surface area contributed by atoms with Crippen molar-refractivity contribution in [2.45, 2.75) is 44.6 Å². The zero-order valence-electron chi connectivity index (χ0n) is 10.4. The van der Waals surface area contributed by atoms with Gasteiger partial charge in [-0.3, -0.25) is 0 Å². The van der Waals surface area contributed by atoms with Crippen molar-refractivity contribution in [2.24, 2.45) is 0 Å². The van der Waals surface area contributed by atoms with Crippen LogP contribution >= 0.6 is 0 Å². The molecule has 1 aromatic heterocycles. The van der Waals surface area contributed by atoms with Gasteiger partial charge in [-0.05, 0) is 31.9 Å². The highest BCUT2D eigenvalue weighted by Gasteiger charge is 2.31. The molecule has 0 aliphatic heterocycles. The van der Waals surface area contributed by atoms with Crippen molar-refractivity contribution in [3.63, 3.8) is 0 Å². The SMILES string of the molecule is Cc1nc(NC2(CO)CCCCC2)ccc1N. The maximum Gasteiger partial charge on any atom is 0.126 e. The fraction of sp³-hybridized carbons (Fsp3) is 0.615. The van der Waals surface area contributed by atoms with Crippen LogP contribution < -0.4 is 11.1 Å². The summed E-state index contributed by atoms with van der Waals surface area (Å²) < 4.78 is 0. The molecule has 0 amide bonds. The van der Waals surface area contributed by atoms with Gasteiger partial charge < -0.3 is 16.2 Å². The summed E-state index contributed by atoms with van der Waals surface area (Å²) in [5.74, 6) is 0.813. The lowest BCUT2D eigenvalue weighted by atomic mass is 9.82. The molecule has 17 heavy (non-hydrogen) atoms. The van der Waals surface area contributed by atoms with Crippen molar-refractivity contribution in [2.75, 3.05) is 17.7 Å². The monoisotopic (exact) mass is 235 g/mol. The van der Waals surface area contributed by atoms with E-state index in [1.165, 1.54) is 19.3 Å². The van der Waals surface area contributed by atoms with Crippen LogP contribution in [0.5, 0.6) is 0 Å². The summed E-state index contributed by atoms with van der Waals surface area (Å²) in [6.45, 7) is 2.06. The first kappa shape index (κ1) is 12.2. The summed E-state index contributed by atoms with van der Waals surface area (Å²) in [6.07, 6.45) is 5.61. The van der Waals surface area contributed by atoms with E-state index in [9.17, 15) is 5.11 Å². The number of rotatable bonds is 3. The van der Waals surface area contributed by atoms with Gasteiger partial charge in [-0.1, -0.05) is 19.3 Å². The number of pyridine rings is 1. The molecule has 2 rings (SSSR count). The van der Waals surface area contributed by atoms with Gasteiger partial charge in [0.15, 0.2) is 0 Å². The molecule has 1 aliphatic rings. The van der Waals surface area contributed by atoms with Crippen LogP contribution in [0.25, 0.3) is 0 Å². The predicted molar refractivity (Wildman–Crippen MR) is 69.9 cm³/mol.